The molecule has 122 valence electrons. The zero-order valence-corrected chi connectivity index (χ0v) is 12.9. The largest absolute Gasteiger partial charge is 0.478 e. The van der Waals surface area contributed by atoms with Gasteiger partial charge in [0.2, 0.25) is 5.91 Å². The van der Waals surface area contributed by atoms with E-state index in [9.17, 15) is 19.7 Å². The Morgan fingerprint density at radius 2 is 1.92 bits per heavy atom. The van der Waals surface area contributed by atoms with Crippen molar-refractivity contribution >= 4 is 40.9 Å². The first-order valence-electron chi connectivity index (χ1n) is 6.64. The lowest BCUT2D eigenvalue weighted by molar-refractivity contribution is -0.385. The van der Waals surface area contributed by atoms with Crippen molar-refractivity contribution in [2.75, 3.05) is 5.32 Å². The molecule has 0 aliphatic heterocycles. The molecule has 0 bridgehead atoms. The molecule has 0 atom stereocenters. The second-order valence-electron chi connectivity index (χ2n) is 4.63. The molecule has 0 aliphatic carbocycles. The molecule has 0 radical (unpaired) electrons. The molecule has 0 aliphatic rings. The number of hydrogen-bond donors (Lipinski definition) is 2. The Balaban J connectivity index is 2.22. The number of hydrogen-bond acceptors (Lipinski definition) is 4. The average molecular weight is 347 g/mol. The van der Waals surface area contributed by atoms with Crippen molar-refractivity contribution in [2.24, 2.45) is 0 Å². The normalized spacial score (nSPS) is 10.5. The quantitative estimate of drug-likeness (QED) is 0.488. The van der Waals surface area contributed by atoms with Crippen LogP contribution in [0.15, 0.2) is 48.5 Å². The molecule has 0 saturated carbocycles. The maximum atomic E-state index is 11.9. The number of carboxylic acids is 1. The lowest BCUT2D eigenvalue weighted by atomic mass is 10.1. The van der Waals surface area contributed by atoms with Gasteiger partial charge < -0.3 is 10.4 Å². The number of nitrogens with zero attached hydrogens (tertiary/aromatic N) is 1. The number of rotatable bonds is 5. The molecule has 2 aromatic rings. The van der Waals surface area contributed by atoms with Crippen molar-refractivity contribution in [3.05, 3.63) is 74.8 Å². The highest BCUT2D eigenvalue weighted by atomic mass is 35.5. The Kier molecular flexibility index (Phi) is 5.28. The minimum atomic E-state index is -1.22. The third-order valence-electron chi connectivity index (χ3n) is 3.02. The highest BCUT2D eigenvalue weighted by Crippen LogP contribution is 2.22. The van der Waals surface area contributed by atoms with Gasteiger partial charge in [-0.05, 0) is 30.3 Å². The van der Waals surface area contributed by atoms with Crippen LogP contribution in [0.4, 0.5) is 11.4 Å². The van der Waals surface area contributed by atoms with E-state index in [1.165, 1.54) is 42.5 Å². The number of carboxylic acid groups (broad SMARTS) is 1. The number of carbonyl (C=O) groups excluding carboxylic acids is 1. The topological polar surface area (TPSA) is 110 Å². The molecule has 2 aromatic carbocycles. The molecule has 0 saturated heterocycles. The molecule has 0 heterocycles. The smallest absolute Gasteiger partial charge is 0.337 e. The predicted molar refractivity (Wildman–Crippen MR) is 89.2 cm³/mol. The number of amides is 1. The van der Waals surface area contributed by atoms with Gasteiger partial charge in [-0.3, -0.25) is 14.9 Å². The van der Waals surface area contributed by atoms with Crippen molar-refractivity contribution in [1.29, 1.82) is 0 Å². The summed E-state index contributed by atoms with van der Waals surface area (Å²) in [7, 11) is 0. The average Bonchev–Trinajstić information content (AvgIpc) is 2.53. The summed E-state index contributed by atoms with van der Waals surface area (Å²) in [6, 6.07) is 9.89. The van der Waals surface area contributed by atoms with Crippen LogP contribution in [-0.4, -0.2) is 21.9 Å². The molecule has 7 nitrogen and oxygen atoms in total. The Morgan fingerprint density at radius 1 is 1.21 bits per heavy atom. The molecular formula is C16H11ClN2O5. The number of anilines is 1. The van der Waals surface area contributed by atoms with Crippen molar-refractivity contribution in [3.63, 3.8) is 0 Å². The predicted octanol–water partition coefficient (Wildman–Crippen LogP) is 3.60. The van der Waals surface area contributed by atoms with Gasteiger partial charge in [-0.1, -0.05) is 23.7 Å². The van der Waals surface area contributed by atoms with E-state index in [-0.39, 0.29) is 27.5 Å². The highest BCUT2D eigenvalue weighted by molar-refractivity contribution is 6.31. The van der Waals surface area contributed by atoms with E-state index >= 15 is 0 Å². The highest BCUT2D eigenvalue weighted by Gasteiger charge is 2.13. The molecule has 0 aromatic heterocycles. The minimum Gasteiger partial charge on any atom is -0.478 e. The van der Waals surface area contributed by atoms with Gasteiger partial charge in [0, 0.05) is 17.2 Å². The second kappa shape index (κ2) is 7.38. The summed E-state index contributed by atoms with van der Waals surface area (Å²) in [5.74, 6) is -1.86. The molecule has 0 fully saturated rings. The van der Waals surface area contributed by atoms with Gasteiger partial charge in [-0.25, -0.2) is 4.79 Å². The first-order chi connectivity index (χ1) is 11.4. The van der Waals surface area contributed by atoms with Crippen molar-refractivity contribution in [1.82, 2.24) is 0 Å². The summed E-state index contributed by atoms with van der Waals surface area (Å²) in [5, 5.41) is 22.6. The second-order valence-corrected chi connectivity index (χ2v) is 5.07. The third-order valence-corrected chi connectivity index (χ3v) is 3.25. The number of aromatic carboxylic acids is 1. The summed E-state index contributed by atoms with van der Waals surface area (Å²) in [6.45, 7) is 0. The molecule has 2 rings (SSSR count). The van der Waals surface area contributed by atoms with E-state index in [1.54, 1.807) is 6.07 Å². The number of nitro groups is 1. The van der Waals surface area contributed by atoms with Crippen molar-refractivity contribution in [3.8, 4) is 0 Å². The van der Waals surface area contributed by atoms with Crippen LogP contribution in [0.1, 0.15) is 15.9 Å². The van der Waals surface area contributed by atoms with Gasteiger partial charge >= 0.3 is 5.97 Å². The molecule has 24 heavy (non-hydrogen) atoms. The third kappa shape index (κ3) is 4.17. The Bertz CT molecular complexity index is 848. The van der Waals surface area contributed by atoms with Gasteiger partial charge in [0.1, 0.15) is 0 Å². The van der Waals surface area contributed by atoms with Crippen LogP contribution < -0.4 is 5.32 Å². The van der Waals surface area contributed by atoms with Crippen LogP contribution in [0.3, 0.4) is 0 Å². The lowest BCUT2D eigenvalue weighted by Crippen LogP contribution is -2.12. The van der Waals surface area contributed by atoms with E-state index in [2.05, 4.69) is 5.32 Å². The number of halogens is 1. The van der Waals surface area contributed by atoms with Crippen LogP contribution in [0, 0.1) is 10.1 Å². The van der Waals surface area contributed by atoms with Gasteiger partial charge in [-0.15, -0.1) is 0 Å². The van der Waals surface area contributed by atoms with Gasteiger partial charge in [0.05, 0.1) is 21.7 Å². The fraction of sp³-hybridized carbons (Fsp3) is 0. The van der Waals surface area contributed by atoms with E-state index in [0.29, 0.717) is 0 Å². The van der Waals surface area contributed by atoms with Gasteiger partial charge in [-0.2, -0.15) is 0 Å². The Morgan fingerprint density at radius 3 is 2.58 bits per heavy atom. The van der Waals surface area contributed by atoms with Crippen molar-refractivity contribution in [2.45, 2.75) is 0 Å². The van der Waals surface area contributed by atoms with Gasteiger partial charge in [0.15, 0.2) is 0 Å². The van der Waals surface area contributed by atoms with Crippen LogP contribution in [0.5, 0.6) is 0 Å². The summed E-state index contributed by atoms with van der Waals surface area (Å²) in [4.78, 5) is 33.4. The maximum Gasteiger partial charge on any atom is 0.337 e. The number of nitro benzene ring substituents is 1. The SMILES string of the molecule is O=C(/C=C/c1ccccc1[N+](=O)[O-])Nc1cc(Cl)ccc1C(=O)O. The van der Waals surface area contributed by atoms with Crippen molar-refractivity contribution < 1.29 is 19.6 Å². The summed E-state index contributed by atoms with van der Waals surface area (Å²) in [5.41, 5.74) is 0.0248. The van der Waals surface area contributed by atoms with E-state index < -0.39 is 16.8 Å². The number of benzene rings is 2. The van der Waals surface area contributed by atoms with E-state index in [4.69, 9.17) is 16.7 Å². The fourth-order valence-electron chi connectivity index (χ4n) is 1.94. The van der Waals surface area contributed by atoms with Crippen LogP contribution in [0.2, 0.25) is 5.02 Å². The van der Waals surface area contributed by atoms with Crippen LogP contribution in [-0.2, 0) is 4.79 Å². The molecule has 2 N–H and O–H groups in total. The number of para-hydroxylation sites is 1. The molecule has 1 amide bonds. The monoisotopic (exact) mass is 346 g/mol. The molecule has 0 unspecified atom stereocenters. The maximum absolute atomic E-state index is 11.9. The minimum absolute atomic E-state index is 0.0345. The number of carbonyl (C=O) groups is 2. The standard InChI is InChI=1S/C16H11ClN2O5/c17-11-6-7-12(16(21)22)13(9-11)18-15(20)8-5-10-3-1-2-4-14(10)19(23)24/h1-9H,(H,18,20)(H,21,22)/b8-5+. The molecule has 8 heteroatoms. The number of nitrogens with one attached hydrogen (secondary N) is 1. The summed E-state index contributed by atoms with van der Waals surface area (Å²) >= 11 is 5.80. The first kappa shape index (κ1) is 17.2. The van der Waals surface area contributed by atoms with Crippen LogP contribution >= 0.6 is 11.6 Å². The zero-order chi connectivity index (χ0) is 17.7. The van der Waals surface area contributed by atoms with E-state index in [1.807, 2.05) is 0 Å². The summed E-state index contributed by atoms with van der Waals surface area (Å²) in [6.07, 6.45) is 2.35. The first-order valence-corrected chi connectivity index (χ1v) is 7.01. The fourth-order valence-corrected chi connectivity index (χ4v) is 2.11. The Hall–Kier alpha value is -3.19. The van der Waals surface area contributed by atoms with E-state index in [0.717, 1.165) is 6.08 Å². The van der Waals surface area contributed by atoms with Crippen LogP contribution in [0.25, 0.3) is 6.08 Å². The zero-order valence-electron chi connectivity index (χ0n) is 12.1. The van der Waals surface area contributed by atoms with Gasteiger partial charge in [0.25, 0.3) is 5.69 Å². The molecule has 0 spiro atoms. The molecular weight excluding hydrogens is 336 g/mol. The Labute approximate surface area is 141 Å². The lowest BCUT2D eigenvalue weighted by Gasteiger charge is -2.07. The summed E-state index contributed by atoms with van der Waals surface area (Å²) < 4.78 is 0.